The topological polar surface area (TPSA) is 88.6 Å². The Morgan fingerprint density at radius 1 is 1.04 bits per heavy atom. The van der Waals surface area contributed by atoms with Crippen LogP contribution in [-0.2, 0) is 0 Å². The Bertz CT molecular complexity index is 839. The van der Waals surface area contributed by atoms with Gasteiger partial charge in [0.25, 0.3) is 0 Å². The van der Waals surface area contributed by atoms with Crippen molar-refractivity contribution in [1.82, 2.24) is 30.5 Å². The summed E-state index contributed by atoms with van der Waals surface area (Å²) in [6.07, 6.45) is 13.2. The number of hydrogen-bond donors (Lipinski definition) is 2. The van der Waals surface area contributed by atoms with E-state index in [0.717, 1.165) is 42.6 Å². The number of H-pyrrole nitrogens is 1. The zero-order chi connectivity index (χ0) is 16.2. The number of fused-ring (bicyclic) bond motifs is 1. The molecule has 4 heterocycles. The Hall–Kier alpha value is -2.80. The van der Waals surface area contributed by atoms with Crippen LogP contribution in [0.2, 0.25) is 0 Å². The van der Waals surface area contributed by atoms with Gasteiger partial charge in [-0.05, 0) is 37.6 Å². The number of hydrogen-bond acceptors (Lipinski definition) is 6. The lowest BCUT2D eigenvalue weighted by molar-refractivity contribution is 0.156. The predicted molar refractivity (Wildman–Crippen MR) is 91.4 cm³/mol. The van der Waals surface area contributed by atoms with Gasteiger partial charge < -0.3 is 10.1 Å². The molecule has 0 aliphatic carbocycles. The zero-order valence-electron chi connectivity index (χ0n) is 13.1. The van der Waals surface area contributed by atoms with Gasteiger partial charge in [0.2, 0.25) is 5.88 Å². The van der Waals surface area contributed by atoms with Crippen LogP contribution in [0.15, 0.2) is 30.9 Å². The molecule has 24 heavy (non-hydrogen) atoms. The molecular weight excluding hydrogens is 304 g/mol. The van der Waals surface area contributed by atoms with Gasteiger partial charge in [-0.3, -0.25) is 5.10 Å². The van der Waals surface area contributed by atoms with Crippen LogP contribution in [-0.4, -0.2) is 44.3 Å². The molecular formula is C17H18N6O. The average Bonchev–Trinajstić information content (AvgIpc) is 3.14. The standard InChI is InChI=1S/C17H18N6O/c1(2-13-9-21-22-10-13)12-7-15-17(20-8-12)23-16(11-19-15)24-14-3-5-18-6-4-14/h1-2,7-11,14,18H,3-6H2,(H,21,22)/b2-1+. The molecule has 7 nitrogen and oxygen atoms in total. The highest BCUT2D eigenvalue weighted by atomic mass is 16.5. The van der Waals surface area contributed by atoms with Gasteiger partial charge in [0, 0.05) is 18.0 Å². The van der Waals surface area contributed by atoms with Crippen LogP contribution >= 0.6 is 0 Å². The molecule has 1 fully saturated rings. The van der Waals surface area contributed by atoms with Gasteiger partial charge in [-0.1, -0.05) is 12.2 Å². The SMILES string of the molecule is C(=C\c1cnc2nc(OC3CCNCC3)cnc2c1)/c1cn[nH]c1. The molecule has 0 radical (unpaired) electrons. The molecule has 3 aromatic heterocycles. The van der Waals surface area contributed by atoms with Crippen LogP contribution in [0.4, 0.5) is 0 Å². The van der Waals surface area contributed by atoms with E-state index in [9.17, 15) is 0 Å². The highest BCUT2D eigenvalue weighted by molar-refractivity contribution is 5.76. The zero-order valence-corrected chi connectivity index (χ0v) is 13.1. The van der Waals surface area contributed by atoms with Crippen LogP contribution in [0.1, 0.15) is 24.0 Å². The van der Waals surface area contributed by atoms with Gasteiger partial charge in [0.05, 0.1) is 12.4 Å². The van der Waals surface area contributed by atoms with Crippen molar-refractivity contribution < 1.29 is 4.74 Å². The average molecular weight is 322 g/mol. The Balaban J connectivity index is 1.52. The van der Waals surface area contributed by atoms with E-state index in [4.69, 9.17) is 4.74 Å². The summed E-state index contributed by atoms with van der Waals surface area (Å²) in [7, 11) is 0. The third kappa shape index (κ3) is 3.41. The molecule has 4 rings (SSSR count). The smallest absolute Gasteiger partial charge is 0.234 e. The molecule has 1 aliphatic rings. The molecule has 3 aromatic rings. The Morgan fingerprint density at radius 2 is 1.92 bits per heavy atom. The van der Waals surface area contributed by atoms with Crippen LogP contribution in [0.5, 0.6) is 5.88 Å². The maximum absolute atomic E-state index is 5.91. The minimum atomic E-state index is 0.204. The molecule has 0 saturated carbocycles. The molecule has 0 spiro atoms. The van der Waals surface area contributed by atoms with Crippen molar-refractivity contribution in [3.63, 3.8) is 0 Å². The summed E-state index contributed by atoms with van der Waals surface area (Å²) in [6, 6.07) is 1.96. The first-order chi connectivity index (χ1) is 11.9. The number of ether oxygens (including phenoxy) is 1. The summed E-state index contributed by atoms with van der Waals surface area (Å²) in [5.41, 5.74) is 3.32. The second-order valence-electron chi connectivity index (χ2n) is 5.75. The normalized spacial score (nSPS) is 16.0. The van der Waals surface area contributed by atoms with Crippen molar-refractivity contribution >= 4 is 23.3 Å². The Kier molecular flexibility index (Phi) is 4.16. The first-order valence-electron chi connectivity index (χ1n) is 8.04. The Morgan fingerprint density at radius 3 is 2.75 bits per heavy atom. The number of rotatable bonds is 4. The van der Waals surface area contributed by atoms with Crippen LogP contribution < -0.4 is 10.1 Å². The van der Waals surface area contributed by atoms with E-state index in [-0.39, 0.29) is 6.10 Å². The number of nitrogens with one attached hydrogen (secondary N) is 2. The van der Waals surface area contributed by atoms with Crippen LogP contribution in [0, 0.1) is 0 Å². The first kappa shape index (κ1) is 14.8. The van der Waals surface area contributed by atoms with Crippen LogP contribution in [0.25, 0.3) is 23.3 Å². The van der Waals surface area contributed by atoms with Crippen molar-refractivity contribution in [3.05, 3.63) is 42.0 Å². The fraction of sp³-hybridized carbons (Fsp3) is 0.294. The van der Waals surface area contributed by atoms with E-state index in [1.54, 1.807) is 18.6 Å². The monoisotopic (exact) mass is 322 g/mol. The fourth-order valence-electron chi connectivity index (χ4n) is 2.68. The number of pyridine rings is 1. The molecule has 0 amide bonds. The summed E-state index contributed by atoms with van der Waals surface area (Å²) in [5, 5.41) is 10.0. The second kappa shape index (κ2) is 6.76. The number of aromatic nitrogens is 5. The van der Waals surface area contributed by atoms with Crippen LogP contribution in [0.3, 0.4) is 0 Å². The molecule has 1 aliphatic heterocycles. The minimum Gasteiger partial charge on any atom is -0.473 e. The van der Waals surface area contributed by atoms with Crippen molar-refractivity contribution in [2.45, 2.75) is 18.9 Å². The predicted octanol–water partition coefficient (Wildman–Crippen LogP) is 2.05. The highest BCUT2D eigenvalue weighted by Gasteiger charge is 2.15. The quantitative estimate of drug-likeness (QED) is 0.764. The van der Waals surface area contributed by atoms with E-state index in [1.165, 1.54) is 0 Å². The summed E-state index contributed by atoms with van der Waals surface area (Å²) in [4.78, 5) is 13.3. The van der Waals surface area contributed by atoms with Gasteiger partial charge in [-0.15, -0.1) is 0 Å². The van der Waals surface area contributed by atoms with E-state index >= 15 is 0 Å². The van der Waals surface area contributed by atoms with Gasteiger partial charge in [0.1, 0.15) is 11.6 Å². The van der Waals surface area contributed by atoms with Crippen molar-refractivity contribution in [2.75, 3.05) is 13.1 Å². The van der Waals surface area contributed by atoms with Crippen molar-refractivity contribution in [2.24, 2.45) is 0 Å². The molecule has 0 atom stereocenters. The first-order valence-corrected chi connectivity index (χ1v) is 8.04. The lowest BCUT2D eigenvalue weighted by Gasteiger charge is -2.22. The third-order valence-electron chi connectivity index (χ3n) is 3.96. The largest absolute Gasteiger partial charge is 0.473 e. The minimum absolute atomic E-state index is 0.204. The summed E-state index contributed by atoms with van der Waals surface area (Å²) in [5.74, 6) is 0.545. The van der Waals surface area contributed by atoms with Gasteiger partial charge in [-0.2, -0.15) is 10.1 Å². The van der Waals surface area contributed by atoms with E-state index in [2.05, 4.69) is 30.5 Å². The molecule has 2 N–H and O–H groups in total. The highest BCUT2D eigenvalue weighted by Crippen LogP contribution is 2.17. The van der Waals surface area contributed by atoms with Gasteiger partial charge in [0.15, 0.2) is 5.65 Å². The maximum Gasteiger partial charge on any atom is 0.234 e. The maximum atomic E-state index is 5.91. The summed E-state index contributed by atoms with van der Waals surface area (Å²) >= 11 is 0. The summed E-state index contributed by atoms with van der Waals surface area (Å²) < 4.78 is 5.91. The van der Waals surface area contributed by atoms with E-state index in [1.807, 2.05) is 24.4 Å². The molecule has 0 unspecified atom stereocenters. The fourth-order valence-corrected chi connectivity index (χ4v) is 2.68. The Labute approximate surface area is 139 Å². The molecule has 0 aromatic carbocycles. The molecule has 7 heteroatoms. The lowest BCUT2D eigenvalue weighted by atomic mass is 10.1. The van der Waals surface area contributed by atoms with Crippen molar-refractivity contribution in [1.29, 1.82) is 0 Å². The lowest BCUT2D eigenvalue weighted by Crippen LogP contribution is -2.34. The summed E-state index contributed by atoms with van der Waals surface area (Å²) in [6.45, 7) is 1.96. The van der Waals surface area contributed by atoms with Crippen molar-refractivity contribution in [3.8, 4) is 5.88 Å². The molecule has 122 valence electrons. The van der Waals surface area contributed by atoms with E-state index in [0.29, 0.717) is 11.5 Å². The van der Waals surface area contributed by atoms with Gasteiger partial charge in [-0.25, -0.2) is 9.97 Å². The van der Waals surface area contributed by atoms with E-state index < -0.39 is 0 Å². The number of aromatic amines is 1. The molecule has 1 saturated heterocycles. The van der Waals surface area contributed by atoms with Gasteiger partial charge >= 0.3 is 0 Å². The molecule has 0 bridgehead atoms. The second-order valence-corrected chi connectivity index (χ2v) is 5.75. The third-order valence-corrected chi connectivity index (χ3v) is 3.96. The number of piperidine rings is 1. The number of nitrogens with zero attached hydrogens (tertiary/aromatic N) is 4.